The van der Waals surface area contributed by atoms with Gasteiger partial charge in [0.2, 0.25) is 10.0 Å². The van der Waals surface area contributed by atoms with Gasteiger partial charge in [0, 0.05) is 25.8 Å². The standard InChI is InChI=1S/C11H15N3O5S/c12-10-8-9(2-3-11(10)14(15)16)20(17,18)13-4-1-6-19-7-5-13/h2-3,8H,1,4-7,12H2. The second-order valence-electron chi connectivity index (χ2n) is 4.35. The van der Waals surface area contributed by atoms with Gasteiger partial charge in [0.25, 0.3) is 5.69 Å². The maximum absolute atomic E-state index is 12.4. The van der Waals surface area contributed by atoms with Gasteiger partial charge in [-0.25, -0.2) is 8.42 Å². The van der Waals surface area contributed by atoms with E-state index >= 15 is 0 Å². The van der Waals surface area contributed by atoms with Gasteiger partial charge in [0.1, 0.15) is 5.69 Å². The van der Waals surface area contributed by atoms with Crippen LogP contribution in [0, 0.1) is 10.1 Å². The number of nitrogens with zero attached hydrogens (tertiary/aromatic N) is 2. The van der Waals surface area contributed by atoms with Gasteiger partial charge in [-0.3, -0.25) is 10.1 Å². The first-order valence-corrected chi connectivity index (χ1v) is 7.49. The third-order valence-corrected chi connectivity index (χ3v) is 4.91. The largest absolute Gasteiger partial charge is 0.393 e. The van der Waals surface area contributed by atoms with Gasteiger partial charge in [-0.2, -0.15) is 4.31 Å². The molecule has 1 aromatic carbocycles. The number of nitro groups is 1. The molecule has 0 atom stereocenters. The quantitative estimate of drug-likeness (QED) is 0.496. The number of hydrogen-bond acceptors (Lipinski definition) is 6. The fourth-order valence-corrected chi connectivity index (χ4v) is 3.47. The minimum absolute atomic E-state index is 0.0394. The van der Waals surface area contributed by atoms with Crippen molar-refractivity contribution in [2.24, 2.45) is 0 Å². The molecule has 110 valence electrons. The number of rotatable bonds is 3. The average Bonchev–Trinajstić information content (AvgIpc) is 2.67. The molecule has 0 amide bonds. The Kier molecular flexibility index (Phi) is 4.21. The van der Waals surface area contributed by atoms with E-state index in [-0.39, 0.29) is 22.8 Å². The first kappa shape index (κ1) is 14.7. The highest BCUT2D eigenvalue weighted by molar-refractivity contribution is 7.89. The van der Waals surface area contributed by atoms with Gasteiger partial charge in [-0.05, 0) is 18.6 Å². The molecule has 0 spiro atoms. The average molecular weight is 301 g/mol. The van der Waals surface area contributed by atoms with Crippen molar-refractivity contribution in [1.82, 2.24) is 4.31 Å². The Hall–Kier alpha value is -1.71. The molecule has 0 bridgehead atoms. The molecule has 2 N–H and O–H groups in total. The van der Waals surface area contributed by atoms with E-state index in [0.717, 1.165) is 12.1 Å². The van der Waals surface area contributed by atoms with E-state index in [2.05, 4.69) is 0 Å². The van der Waals surface area contributed by atoms with Crippen LogP contribution in [0.4, 0.5) is 11.4 Å². The molecule has 1 aliphatic rings. The van der Waals surface area contributed by atoms with Gasteiger partial charge in [0.15, 0.2) is 0 Å². The Morgan fingerprint density at radius 1 is 1.30 bits per heavy atom. The summed E-state index contributed by atoms with van der Waals surface area (Å²) in [6.45, 7) is 1.48. The van der Waals surface area contributed by atoms with Crippen molar-refractivity contribution in [2.45, 2.75) is 11.3 Å². The number of ether oxygens (including phenoxy) is 1. The summed E-state index contributed by atoms with van der Waals surface area (Å²) < 4.78 is 31.4. The summed E-state index contributed by atoms with van der Waals surface area (Å²) in [5, 5.41) is 10.7. The second-order valence-corrected chi connectivity index (χ2v) is 6.29. The second kappa shape index (κ2) is 5.73. The molecule has 0 unspecified atom stereocenters. The fraction of sp³-hybridized carbons (Fsp3) is 0.455. The monoisotopic (exact) mass is 301 g/mol. The molecule has 2 rings (SSSR count). The Morgan fingerprint density at radius 3 is 2.70 bits per heavy atom. The van der Waals surface area contributed by atoms with Crippen molar-refractivity contribution in [3.8, 4) is 0 Å². The predicted molar refractivity (Wildman–Crippen MR) is 71.7 cm³/mol. The van der Waals surface area contributed by atoms with Crippen LogP contribution >= 0.6 is 0 Å². The van der Waals surface area contributed by atoms with E-state index in [0.29, 0.717) is 26.2 Å². The van der Waals surface area contributed by atoms with E-state index in [9.17, 15) is 18.5 Å². The van der Waals surface area contributed by atoms with Crippen LogP contribution in [-0.2, 0) is 14.8 Å². The molecule has 8 nitrogen and oxygen atoms in total. The number of sulfonamides is 1. The number of nitrogen functional groups attached to an aromatic ring is 1. The number of anilines is 1. The molecular formula is C11H15N3O5S. The van der Waals surface area contributed by atoms with Gasteiger partial charge >= 0.3 is 0 Å². The van der Waals surface area contributed by atoms with E-state index in [4.69, 9.17) is 10.5 Å². The van der Waals surface area contributed by atoms with Crippen molar-refractivity contribution >= 4 is 21.4 Å². The molecule has 9 heteroatoms. The van der Waals surface area contributed by atoms with Gasteiger partial charge in [0.05, 0.1) is 16.4 Å². The van der Waals surface area contributed by atoms with E-state index in [1.54, 1.807) is 0 Å². The Bertz CT molecular complexity index is 608. The van der Waals surface area contributed by atoms with Crippen LogP contribution in [0.25, 0.3) is 0 Å². The smallest absolute Gasteiger partial charge is 0.292 e. The van der Waals surface area contributed by atoms with E-state index < -0.39 is 14.9 Å². The van der Waals surface area contributed by atoms with Gasteiger partial charge in [-0.1, -0.05) is 0 Å². The van der Waals surface area contributed by atoms with Crippen molar-refractivity contribution in [3.63, 3.8) is 0 Å². The number of nitro benzene ring substituents is 1. The molecule has 20 heavy (non-hydrogen) atoms. The molecule has 1 aliphatic heterocycles. The van der Waals surface area contributed by atoms with Crippen LogP contribution in [0.3, 0.4) is 0 Å². The molecule has 1 aromatic rings. The van der Waals surface area contributed by atoms with Crippen LogP contribution in [0.1, 0.15) is 6.42 Å². The first-order valence-electron chi connectivity index (χ1n) is 6.05. The van der Waals surface area contributed by atoms with Crippen LogP contribution in [0.5, 0.6) is 0 Å². The van der Waals surface area contributed by atoms with Gasteiger partial charge < -0.3 is 10.5 Å². The summed E-state index contributed by atoms with van der Waals surface area (Å²) in [4.78, 5) is 9.99. The first-order chi connectivity index (χ1) is 9.43. The van der Waals surface area contributed by atoms with Crippen molar-refractivity contribution in [1.29, 1.82) is 0 Å². The number of benzene rings is 1. The lowest BCUT2D eigenvalue weighted by atomic mass is 10.3. The highest BCUT2D eigenvalue weighted by Gasteiger charge is 2.27. The molecule has 0 radical (unpaired) electrons. The Labute approximate surface area is 116 Å². The van der Waals surface area contributed by atoms with Gasteiger partial charge in [-0.15, -0.1) is 0 Å². The molecule has 0 saturated carbocycles. The maximum atomic E-state index is 12.4. The molecule has 1 heterocycles. The van der Waals surface area contributed by atoms with Crippen molar-refractivity contribution in [2.75, 3.05) is 32.0 Å². The zero-order chi connectivity index (χ0) is 14.8. The molecule has 1 fully saturated rings. The van der Waals surface area contributed by atoms with E-state index in [1.165, 1.54) is 10.4 Å². The minimum Gasteiger partial charge on any atom is -0.393 e. The summed E-state index contributed by atoms with van der Waals surface area (Å²) in [6.07, 6.45) is 0.613. The van der Waals surface area contributed by atoms with Crippen LogP contribution in [0.2, 0.25) is 0 Å². The number of hydrogen-bond donors (Lipinski definition) is 1. The summed E-state index contributed by atoms with van der Waals surface area (Å²) in [7, 11) is -3.70. The van der Waals surface area contributed by atoms with Crippen LogP contribution in [-0.4, -0.2) is 43.9 Å². The molecular weight excluding hydrogens is 286 g/mol. The summed E-state index contributed by atoms with van der Waals surface area (Å²) >= 11 is 0. The third-order valence-electron chi connectivity index (χ3n) is 3.01. The predicted octanol–water partition coefficient (Wildman–Crippen LogP) is 0.588. The Balaban J connectivity index is 2.34. The minimum atomic E-state index is -3.70. The summed E-state index contributed by atoms with van der Waals surface area (Å²) in [5.74, 6) is 0. The fourth-order valence-electron chi connectivity index (χ4n) is 1.97. The van der Waals surface area contributed by atoms with E-state index in [1.807, 2.05) is 0 Å². The highest BCUT2D eigenvalue weighted by atomic mass is 32.2. The number of nitrogens with two attached hydrogens (primary N) is 1. The third kappa shape index (κ3) is 2.89. The lowest BCUT2D eigenvalue weighted by Gasteiger charge is -2.19. The zero-order valence-corrected chi connectivity index (χ0v) is 11.5. The normalized spacial score (nSPS) is 17.6. The summed E-state index contributed by atoms with van der Waals surface area (Å²) in [6, 6.07) is 3.44. The lowest BCUT2D eigenvalue weighted by Crippen LogP contribution is -2.33. The zero-order valence-electron chi connectivity index (χ0n) is 10.7. The van der Waals surface area contributed by atoms with Crippen molar-refractivity contribution < 1.29 is 18.1 Å². The summed E-state index contributed by atoms with van der Waals surface area (Å²) in [5.41, 5.74) is 5.06. The van der Waals surface area contributed by atoms with Crippen LogP contribution < -0.4 is 5.73 Å². The topological polar surface area (TPSA) is 116 Å². The molecule has 1 saturated heterocycles. The van der Waals surface area contributed by atoms with Crippen molar-refractivity contribution in [3.05, 3.63) is 28.3 Å². The molecule has 0 aliphatic carbocycles. The van der Waals surface area contributed by atoms with Crippen LogP contribution in [0.15, 0.2) is 23.1 Å². The Morgan fingerprint density at radius 2 is 2.05 bits per heavy atom. The molecule has 0 aromatic heterocycles. The SMILES string of the molecule is Nc1cc(S(=O)(=O)N2CCCOCC2)ccc1[N+](=O)[O-]. The maximum Gasteiger partial charge on any atom is 0.292 e. The highest BCUT2D eigenvalue weighted by Crippen LogP contribution is 2.26. The lowest BCUT2D eigenvalue weighted by molar-refractivity contribution is -0.383.